The fourth-order valence-corrected chi connectivity index (χ4v) is 4.98. The molecule has 0 radical (unpaired) electrons. The van der Waals surface area contributed by atoms with Gasteiger partial charge in [0.25, 0.3) is 5.69 Å². The molecular weight excluding hydrogens is 458 g/mol. The summed E-state index contributed by atoms with van der Waals surface area (Å²) < 4.78 is 5.58. The number of nitrogens with zero attached hydrogens (tertiary/aromatic N) is 2. The van der Waals surface area contributed by atoms with E-state index in [2.05, 4.69) is 5.32 Å². The maximum atomic E-state index is 13.6. The monoisotopic (exact) mass is 483 g/mol. The molecule has 11 nitrogen and oxygen atoms in total. The van der Waals surface area contributed by atoms with Crippen LogP contribution in [-0.2, 0) is 14.4 Å². The van der Waals surface area contributed by atoms with E-state index in [9.17, 15) is 34.7 Å². The summed E-state index contributed by atoms with van der Waals surface area (Å²) in [7, 11) is 0. The van der Waals surface area contributed by atoms with Gasteiger partial charge in [0, 0.05) is 18.2 Å². The molecule has 2 aliphatic heterocycles. The number of aliphatic carboxylic acids is 1. The number of nitro benzene ring substituents is 1. The highest BCUT2D eigenvalue weighted by atomic mass is 16.6. The summed E-state index contributed by atoms with van der Waals surface area (Å²) in [5, 5.41) is 34.8. The maximum absolute atomic E-state index is 13.6. The summed E-state index contributed by atoms with van der Waals surface area (Å²) in [6, 6.07) is 10.8. The van der Waals surface area contributed by atoms with Gasteiger partial charge in [-0.1, -0.05) is 25.1 Å². The summed E-state index contributed by atoms with van der Waals surface area (Å²) in [5.74, 6) is -5.02. The van der Waals surface area contributed by atoms with E-state index >= 15 is 0 Å². The van der Waals surface area contributed by atoms with Crippen LogP contribution in [0.15, 0.2) is 48.5 Å². The average Bonchev–Trinajstić information content (AvgIpc) is 3.33. The van der Waals surface area contributed by atoms with E-state index in [0.29, 0.717) is 17.9 Å². The lowest BCUT2D eigenvalue weighted by Gasteiger charge is -2.33. The van der Waals surface area contributed by atoms with E-state index in [-0.39, 0.29) is 11.4 Å². The molecule has 0 bridgehead atoms. The van der Waals surface area contributed by atoms with E-state index in [1.807, 2.05) is 6.92 Å². The highest BCUT2D eigenvalue weighted by Gasteiger charge is 2.70. The molecule has 0 aliphatic carbocycles. The molecule has 2 amide bonds. The molecule has 2 aromatic carbocycles. The Labute approximate surface area is 200 Å². The van der Waals surface area contributed by atoms with Gasteiger partial charge in [-0.25, -0.2) is 4.90 Å². The first kappa shape index (κ1) is 24.3. The number of carbonyl (C=O) groups excluding carboxylic acids is 2. The van der Waals surface area contributed by atoms with Gasteiger partial charge in [-0.3, -0.25) is 29.8 Å². The quantitative estimate of drug-likeness (QED) is 0.290. The lowest BCUT2D eigenvalue weighted by atomic mass is 9.76. The molecule has 0 spiro atoms. The predicted octanol–water partition coefficient (Wildman–Crippen LogP) is 2.04. The molecule has 184 valence electrons. The molecule has 11 heteroatoms. The number of carbonyl (C=O) groups is 3. The molecule has 2 aliphatic rings. The number of benzene rings is 2. The summed E-state index contributed by atoms with van der Waals surface area (Å²) in [6.45, 7) is 3.73. The minimum Gasteiger partial charge on any atom is -0.494 e. The van der Waals surface area contributed by atoms with Gasteiger partial charge in [0.15, 0.2) is 5.54 Å². The number of rotatable bonds is 8. The zero-order valence-corrected chi connectivity index (χ0v) is 19.1. The van der Waals surface area contributed by atoms with E-state index in [1.54, 1.807) is 24.3 Å². The summed E-state index contributed by atoms with van der Waals surface area (Å²) in [4.78, 5) is 51.0. The van der Waals surface area contributed by atoms with Gasteiger partial charge in [0.05, 0.1) is 35.2 Å². The fourth-order valence-electron chi connectivity index (χ4n) is 4.98. The molecule has 5 atom stereocenters. The van der Waals surface area contributed by atoms with Crippen molar-refractivity contribution in [3.05, 3.63) is 64.2 Å². The first-order chi connectivity index (χ1) is 16.6. The Balaban J connectivity index is 1.80. The summed E-state index contributed by atoms with van der Waals surface area (Å²) >= 11 is 0. The third kappa shape index (κ3) is 3.82. The maximum Gasteiger partial charge on any atom is 0.327 e. The second-order valence-corrected chi connectivity index (χ2v) is 8.68. The zero-order valence-electron chi connectivity index (χ0n) is 19.1. The molecule has 5 unspecified atom stereocenters. The predicted molar refractivity (Wildman–Crippen MR) is 123 cm³/mol. The molecule has 2 fully saturated rings. The Kier molecular flexibility index (Phi) is 6.30. The number of hydrogen-bond acceptors (Lipinski definition) is 8. The van der Waals surface area contributed by atoms with Gasteiger partial charge >= 0.3 is 5.97 Å². The Morgan fingerprint density at radius 3 is 2.49 bits per heavy atom. The Morgan fingerprint density at radius 1 is 1.23 bits per heavy atom. The van der Waals surface area contributed by atoms with Crippen LogP contribution in [0.5, 0.6) is 5.75 Å². The molecule has 2 aromatic rings. The molecule has 2 saturated heterocycles. The second kappa shape index (κ2) is 9.08. The molecular formula is C24H25N3O8. The standard InChI is InChI=1S/C24H25N3O8/c1-3-11-35-17-9-7-14(8-10-17)20-18-19(24(25-20,13(2)28)23(31)32)22(30)26(21(18)29)15-5-4-6-16(12-15)27(33)34/h4-10,12-13,18-20,25,28H,3,11H2,1-2H3,(H,31,32). The third-order valence-electron chi connectivity index (χ3n) is 6.62. The van der Waals surface area contributed by atoms with Gasteiger partial charge in [0.2, 0.25) is 11.8 Å². The molecule has 0 aromatic heterocycles. The number of carboxylic acid groups (broad SMARTS) is 1. The number of ether oxygens (including phenoxy) is 1. The molecule has 0 saturated carbocycles. The molecule has 2 heterocycles. The minimum atomic E-state index is -2.14. The van der Waals surface area contributed by atoms with Crippen molar-refractivity contribution in [2.24, 2.45) is 11.8 Å². The number of nitrogens with one attached hydrogen (secondary N) is 1. The number of fused-ring (bicyclic) bond motifs is 1. The first-order valence-corrected chi connectivity index (χ1v) is 11.2. The van der Waals surface area contributed by atoms with Crippen LogP contribution in [0.3, 0.4) is 0 Å². The topological polar surface area (TPSA) is 159 Å². The first-order valence-electron chi connectivity index (χ1n) is 11.2. The Morgan fingerprint density at radius 2 is 1.91 bits per heavy atom. The minimum absolute atomic E-state index is 0.0319. The van der Waals surface area contributed by atoms with Crippen molar-refractivity contribution in [1.82, 2.24) is 5.32 Å². The van der Waals surface area contributed by atoms with Crippen LogP contribution in [0.25, 0.3) is 0 Å². The largest absolute Gasteiger partial charge is 0.494 e. The smallest absolute Gasteiger partial charge is 0.327 e. The lowest BCUT2D eigenvalue weighted by Crippen LogP contribution is -2.62. The van der Waals surface area contributed by atoms with Gasteiger partial charge in [-0.15, -0.1) is 0 Å². The van der Waals surface area contributed by atoms with Crippen LogP contribution in [0.2, 0.25) is 0 Å². The van der Waals surface area contributed by atoms with Crippen LogP contribution in [0.1, 0.15) is 31.9 Å². The van der Waals surface area contributed by atoms with E-state index < -0.39 is 52.2 Å². The fraction of sp³-hybridized carbons (Fsp3) is 0.375. The highest BCUT2D eigenvalue weighted by molar-refractivity contribution is 6.24. The van der Waals surface area contributed by atoms with Crippen molar-refractivity contribution < 1.29 is 34.3 Å². The van der Waals surface area contributed by atoms with Crippen LogP contribution >= 0.6 is 0 Å². The van der Waals surface area contributed by atoms with Gasteiger partial charge < -0.3 is 14.9 Å². The van der Waals surface area contributed by atoms with Gasteiger partial charge in [-0.05, 0) is 37.1 Å². The number of nitro groups is 1. The number of non-ortho nitro benzene ring substituents is 1. The van der Waals surface area contributed by atoms with E-state index in [0.717, 1.165) is 17.4 Å². The average molecular weight is 483 g/mol. The van der Waals surface area contributed by atoms with Crippen LogP contribution in [0.4, 0.5) is 11.4 Å². The van der Waals surface area contributed by atoms with Crippen molar-refractivity contribution in [1.29, 1.82) is 0 Å². The van der Waals surface area contributed by atoms with Crippen molar-refractivity contribution in [2.75, 3.05) is 11.5 Å². The number of imide groups is 1. The lowest BCUT2D eigenvalue weighted by molar-refractivity contribution is -0.384. The number of amides is 2. The molecule has 3 N–H and O–H groups in total. The highest BCUT2D eigenvalue weighted by Crippen LogP contribution is 2.51. The van der Waals surface area contributed by atoms with Crippen molar-refractivity contribution >= 4 is 29.2 Å². The Bertz CT molecular complexity index is 1180. The summed E-state index contributed by atoms with van der Waals surface area (Å²) in [6.07, 6.45) is -0.721. The van der Waals surface area contributed by atoms with E-state index in [4.69, 9.17) is 4.74 Å². The number of aliphatic hydroxyl groups excluding tert-OH is 1. The zero-order chi connectivity index (χ0) is 25.5. The molecule has 4 rings (SSSR count). The van der Waals surface area contributed by atoms with Crippen LogP contribution < -0.4 is 15.0 Å². The normalized spacial score (nSPS) is 26.5. The second-order valence-electron chi connectivity index (χ2n) is 8.68. The van der Waals surface area contributed by atoms with Crippen molar-refractivity contribution in [3.8, 4) is 5.75 Å². The van der Waals surface area contributed by atoms with E-state index in [1.165, 1.54) is 25.1 Å². The number of anilines is 1. The van der Waals surface area contributed by atoms with Gasteiger partial charge in [0.1, 0.15) is 5.75 Å². The number of carboxylic acids is 1. The SMILES string of the molecule is CCCOc1ccc(C2NC(C(=O)O)(C(C)O)C3C(=O)N(c4cccc([N+](=O)[O-])c4)C(=O)C23)cc1. The summed E-state index contributed by atoms with van der Waals surface area (Å²) in [5.41, 5.74) is -1.96. The van der Waals surface area contributed by atoms with Crippen molar-refractivity contribution in [2.45, 2.75) is 38.0 Å². The Hall–Kier alpha value is -3.83. The molecule has 35 heavy (non-hydrogen) atoms. The third-order valence-corrected chi connectivity index (χ3v) is 6.62. The van der Waals surface area contributed by atoms with Crippen molar-refractivity contribution in [3.63, 3.8) is 0 Å². The number of hydrogen-bond donors (Lipinski definition) is 3. The van der Waals surface area contributed by atoms with Crippen LogP contribution in [0, 0.1) is 22.0 Å². The van der Waals surface area contributed by atoms with Gasteiger partial charge in [-0.2, -0.15) is 0 Å². The number of aliphatic hydroxyl groups is 1. The van der Waals surface area contributed by atoms with Crippen LogP contribution in [-0.4, -0.2) is 51.2 Å².